The third-order valence-corrected chi connectivity index (χ3v) is 0.500. The number of hydrogen-bond acceptors (Lipinski definition) is 2. The monoisotopic (exact) mass is 361 g/mol. The van der Waals surface area contributed by atoms with E-state index in [4.69, 9.17) is 0 Å². The molecular formula is CH4NO2RfS-. The molecule has 0 aromatic carbocycles. The van der Waals surface area contributed by atoms with Gasteiger partial charge in [0.05, 0.1) is 0 Å². The van der Waals surface area contributed by atoms with Gasteiger partial charge >= 0.3 is 0 Å². The van der Waals surface area contributed by atoms with E-state index in [-0.39, 0.29) is 0 Å². The SMILES string of the molecule is CNS(=O)[O-].[Rf]. The molecule has 0 amide bonds. The fourth-order valence-corrected chi connectivity index (χ4v) is 0. The molecule has 0 fully saturated rings. The Hall–Kier alpha value is -0.930. The summed E-state index contributed by atoms with van der Waals surface area (Å²) in [6.07, 6.45) is 0. The van der Waals surface area contributed by atoms with Crippen LogP contribution < -0.4 is 4.72 Å². The quantitative estimate of drug-likeness (QED) is 0.610. The number of rotatable bonds is 1. The third kappa shape index (κ3) is 11.5. The molecule has 0 saturated heterocycles. The maximum atomic E-state index is 9.26. The van der Waals surface area contributed by atoms with Crippen molar-refractivity contribution in [3.05, 3.63) is 0 Å². The van der Waals surface area contributed by atoms with Crippen molar-refractivity contribution < 1.29 is 8.76 Å². The minimum absolute atomic E-state index is 0. The molecule has 0 aliphatic rings. The van der Waals surface area contributed by atoms with Gasteiger partial charge in [0.15, 0.2) is 0 Å². The van der Waals surface area contributed by atoms with Crippen LogP contribution in [0.2, 0.25) is 0 Å². The molecule has 3 nitrogen and oxygen atoms in total. The topological polar surface area (TPSA) is 52.2 Å². The fraction of sp³-hybridized carbons (Fsp3) is 1.00. The van der Waals surface area contributed by atoms with Crippen molar-refractivity contribution in [2.24, 2.45) is 0 Å². The normalized spacial score (nSPS) is 12.3. The predicted octanol–water partition coefficient (Wildman–Crippen LogP) is -1.00. The average molecular weight is 361 g/mol. The molecule has 5 heteroatoms. The van der Waals surface area contributed by atoms with E-state index in [1.165, 1.54) is 7.05 Å². The fourth-order valence-electron chi connectivity index (χ4n) is 0. The molecule has 1 atom stereocenters. The summed E-state index contributed by atoms with van der Waals surface area (Å²) in [5.74, 6) is 0. The van der Waals surface area contributed by atoms with E-state index in [1.807, 2.05) is 4.72 Å². The van der Waals surface area contributed by atoms with Crippen LogP contribution in [0.15, 0.2) is 0 Å². The first-order valence-corrected chi connectivity index (χ1v) is 2.11. The van der Waals surface area contributed by atoms with Crippen molar-refractivity contribution in [1.29, 1.82) is 0 Å². The van der Waals surface area contributed by atoms with Crippen molar-refractivity contribution in [2.75, 3.05) is 7.05 Å². The van der Waals surface area contributed by atoms with Crippen LogP contribution in [0.25, 0.3) is 0 Å². The molecule has 0 aromatic heterocycles. The van der Waals surface area contributed by atoms with Crippen LogP contribution in [0.5, 0.6) is 0 Å². The molecule has 1 unspecified atom stereocenters. The van der Waals surface area contributed by atoms with Gasteiger partial charge in [0, 0.05) is 11.3 Å². The minimum Gasteiger partial charge on any atom is -0.760 e. The molecule has 6 heavy (non-hydrogen) atoms. The van der Waals surface area contributed by atoms with Gasteiger partial charge in [-0.15, -0.1) is 0 Å². The first-order chi connectivity index (χ1) is 2.27. The van der Waals surface area contributed by atoms with E-state index in [0.717, 1.165) is 0 Å². The smallest absolute Gasteiger partial charge is 0.0178 e. The van der Waals surface area contributed by atoms with Crippen LogP contribution in [0.3, 0.4) is 0 Å². The molecule has 0 bridgehead atoms. The van der Waals surface area contributed by atoms with Gasteiger partial charge in [-0.05, 0) is 7.05 Å². The van der Waals surface area contributed by atoms with Gasteiger partial charge in [-0.25, -0.2) is 0 Å². The number of hydrogen-bond donors (Lipinski definition) is 1. The maximum Gasteiger partial charge on any atom is 0.0178 e. The van der Waals surface area contributed by atoms with E-state index in [0.29, 0.717) is 0 Å². The minimum atomic E-state index is -2.07. The Morgan fingerprint density at radius 1 is 1.83 bits per heavy atom. The Morgan fingerprint density at radius 2 is 2.00 bits per heavy atom. The Morgan fingerprint density at radius 3 is 2.00 bits per heavy atom. The predicted molar refractivity (Wildman–Crippen MR) is 18.0 cm³/mol. The first-order valence-electron chi connectivity index (χ1n) is 1.04. The van der Waals surface area contributed by atoms with Gasteiger partial charge in [-0.3, -0.25) is 8.93 Å². The zero-order chi connectivity index (χ0) is 4.28. The average Bonchev–Trinajstić information content (AvgIpc) is 1.38. The summed E-state index contributed by atoms with van der Waals surface area (Å²) in [7, 11) is 1.34. The van der Waals surface area contributed by atoms with Gasteiger partial charge < -0.3 is 4.55 Å². The molecule has 0 heterocycles. The van der Waals surface area contributed by atoms with Crippen molar-refractivity contribution in [3.8, 4) is 0 Å². The van der Waals surface area contributed by atoms with Crippen LogP contribution in [-0.4, -0.2) is 15.8 Å². The van der Waals surface area contributed by atoms with Crippen LogP contribution in [0.4, 0.5) is 0 Å². The molecule has 0 aromatic rings. The second-order valence-corrected chi connectivity index (χ2v) is 1.32. The van der Waals surface area contributed by atoms with Gasteiger partial charge in [0.25, 0.3) is 0 Å². The Balaban J connectivity index is 0. The van der Waals surface area contributed by atoms with Gasteiger partial charge in [-0.2, -0.15) is 0 Å². The van der Waals surface area contributed by atoms with Crippen LogP contribution in [0, 0.1) is 0 Å². The number of nitrogens with one attached hydrogen (secondary N) is 1. The standard InChI is InChI=1S/CH5NO2S.Rf/c1-2-5(3)4;/h2H,1H3,(H,3,4);/p-1. The van der Waals surface area contributed by atoms with Gasteiger partial charge in [-0.1, -0.05) is 0 Å². The third-order valence-electron chi connectivity index (χ3n) is 0.167. The first kappa shape index (κ1) is 8.91. The summed E-state index contributed by atoms with van der Waals surface area (Å²) >= 11 is -2.07. The molecule has 0 aliphatic carbocycles. The molecule has 1 N–H and O–H groups in total. The van der Waals surface area contributed by atoms with E-state index in [1.54, 1.807) is 0 Å². The van der Waals surface area contributed by atoms with E-state index in [9.17, 15) is 8.76 Å². The molecule has 0 rings (SSSR count). The Bertz CT molecular complexity index is 48.8. The largest absolute Gasteiger partial charge is 0.760 e. The Labute approximate surface area is 32.8 Å². The molecule has 34 valence electrons. The van der Waals surface area contributed by atoms with E-state index < -0.39 is 11.3 Å². The summed E-state index contributed by atoms with van der Waals surface area (Å²) in [4.78, 5) is 0. The summed E-state index contributed by atoms with van der Waals surface area (Å²) in [5.41, 5.74) is 0. The van der Waals surface area contributed by atoms with E-state index >= 15 is 0 Å². The van der Waals surface area contributed by atoms with Crippen LogP contribution in [-0.2, 0) is 11.3 Å². The van der Waals surface area contributed by atoms with Crippen molar-refractivity contribution >= 4 is 11.3 Å². The van der Waals surface area contributed by atoms with Crippen LogP contribution >= 0.6 is 0 Å². The second kappa shape index (κ2) is 4.07. The summed E-state index contributed by atoms with van der Waals surface area (Å²) in [6, 6.07) is 0. The molecule has 0 radical (unpaired) electrons. The van der Waals surface area contributed by atoms with Crippen molar-refractivity contribution in [1.82, 2.24) is 4.72 Å². The van der Waals surface area contributed by atoms with Gasteiger partial charge in [0.2, 0.25) is 0 Å². The van der Waals surface area contributed by atoms with Crippen LogP contribution in [0.1, 0.15) is 0 Å². The van der Waals surface area contributed by atoms with E-state index in [2.05, 4.69) is 0 Å². The molecule has 0 saturated carbocycles. The summed E-state index contributed by atoms with van der Waals surface area (Å²) < 4.78 is 20.5. The summed E-state index contributed by atoms with van der Waals surface area (Å²) in [6.45, 7) is 0. The van der Waals surface area contributed by atoms with Gasteiger partial charge in [0.1, 0.15) is 0 Å². The zero-order valence-corrected chi connectivity index (χ0v) is 10.6. The second-order valence-electron chi connectivity index (χ2n) is 0.439. The Kier molecular flexibility index (Phi) is 6.04. The van der Waals surface area contributed by atoms with Crippen molar-refractivity contribution in [2.45, 2.75) is 0 Å². The molecule has 0 aliphatic heterocycles. The molecule has 0 spiro atoms. The molecular weight excluding hydrogens is 357 g/mol. The van der Waals surface area contributed by atoms with Crippen molar-refractivity contribution in [3.63, 3.8) is 0 Å². The summed E-state index contributed by atoms with van der Waals surface area (Å²) in [5, 5.41) is 0. The zero-order valence-electron chi connectivity index (χ0n) is 3.43. The maximum absolute atomic E-state index is 9.26.